The molecule has 0 aromatic carbocycles. The van der Waals surface area contributed by atoms with Crippen LogP contribution in [0.4, 0.5) is 0 Å². The summed E-state index contributed by atoms with van der Waals surface area (Å²) in [5.41, 5.74) is 0. The minimum Gasteiger partial charge on any atom is -1.00 e. The van der Waals surface area contributed by atoms with Gasteiger partial charge in [-0.05, 0) is 12.8 Å². The summed E-state index contributed by atoms with van der Waals surface area (Å²) in [6.45, 7) is 0.0906. The van der Waals surface area contributed by atoms with E-state index in [1.165, 1.54) is 0 Å². The van der Waals surface area contributed by atoms with Gasteiger partial charge in [0.1, 0.15) is 0 Å². The van der Waals surface area contributed by atoms with E-state index >= 15 is 0 Å². The van der Waals surface area contributed by atoms with Gasteiger partial charge in [0.2, 0.25) is 0 Å². The molecule has 0 aromatic rings. The van der Waals surface area contributed by atoms with Crippen LogP contribution in [0.2, 0.25) is 0 Å². The van der Waals surface area contributed by atoms with Crippen LogP contribution in [0.5, 0.6) is 0 Å². The molecule has 0 saturated carbocycles. The third-order valence-electron chi connectivity index (χ3n) is 0.799. The Morgan fingerprint density at radius 2 is 2.00 bits per heavy atom. The Hall–Kier alpha value is 0.690. The number of aliphatic hydroxyl groups is 1. The van der Waals surface area contributed by atoms with Gasteiger partial charge in [-0.3, -0.25) is 4.79 Å². The van der Waals surface area contributed by atoms with Crippen molar-refractivity contribution in [3.63, 3.8) is 0 Å². The first-order chi connectivity index (χ1) is 3.77. The molecule has 0 spiro atoms. The van der Waals surface area contributed by atoms with E-state index in [0.717, 1.165) is 0 Å². The summed E-state index contributed by atoms with van der Waals surface area (Å²) in [7, 11) is 0. The minimum absolute atomic E-state index is 0. The Balaban J connectivity index is -0.0000000817. The van der Waals surface area contributed by atoms with Gasteiger partial charge in [-0.25, -0.2) is 0 Å². The maximum absolute atomic E-state index is 9.79. The average Bonchev–Trinajstić information content (AvgIpc) is 1.66. The van der Waals surface area contributed by atoms with Gasteiger partial charge in [0.05, 0.1) is 0 Å². The summed E-state index contributed by atoms with van der Waals surface area (Å²) in [5.74, 6) is -0.793. The van der Waals surface area contributed by atoms with Crippen molar-refractivity contribution in [2.24, 2.45) is 0 Å². The van der Waals surface area contributed by atoms with Crippen LogP contribution in [0.25, 0.3) is 0 Å². The van der Waals surface area contributed by atoms with E-state index in [0.29, 0.717) is 12.8 Å². The molecule has 4 heteroatoms. The number of aliphatic carboxylic acids is 1. The number of hydrogen-bond donors (Lipinski definition) is 2. The molecule has 0 aromatic heterocycles. The standard InChI is InChI=1S/C5H10O3.Ca.2H/c6-4-2-1-3-5(7)8;;;/h6H,1-4H2,(H,7,8);;;/q;+2;2*-1. The number of hydrogen-bond acceptors (Lipinski definition) is 2. The fourth-order valence-electron chi connectivity index (χ4n) is 0.388. The molecular formula is C5H12CaO3. The second kappa shape index (κ2) is 8.69. The van der Waals surface area contributed by atoms with Crippen LogP contribution >= 0.6 is 0 Å². The van der Waals surface area contributed by atoms with Crippen molar-refractivity contribution < 1.29 is 17.9 Å². The molecule has 0 bridgehead atoms. The van der Waals surface area contributed by atoms with Crippen LogP contribution in [0, 0.1) is 0 Å². The predicted octanol–water partition coefficient (Wildman–Crippen LogP) is 0.0778. The van der Waals surface area contributed by atoms with Gasteiger partial charge >= 0.3 is 43.7 Å². The zero-order valence-electron chi connectivity index (χ0n) is 7.34. The second-order valence-corrected chi connectivity index (χ2v) is 1.57. The molecule has 2 N–H and O–H groups in total. The summed E-state index contributed by atoms with van der Waals surface area (Å²) >= 11 is 0. The van der Waals surface area contributed by atoms with Crippen LogP contribution in [0.15, 0.2) is 0 Å². The number of carboxylic acids is 1. The van der Waals surface area contributed by atoms with Crippen molar-refractivity contribution in [3.05, 3.63) is 0 Å². The predicted molar refractivity (Wildman–Crippen MR) is 36.6 cm³/mol. The molecule has 0 heterocycles. The van der Waals surface area contributed by atoms with Crippen molar-refractivity contribution in [1.29, 1.82) is 0 Å². The van der Waals surface area contributed by atoms with E-state index in [2.05, 4.69) is 0 Å². The Bertz CT molecular complexity index is 82.1. The first kappa shape index (κ1) is 12.4. The number of carboxylic acid groups (broad SMARTS) is 1. The molecule has 0 aliphatic heterocycles. The summed E-state index contributed by atoms with van der Waals surface area (Å²) in [5, 5.41) is 16.2. The van der Waals surface area contributed by atoms with E-state index in [1.807, 2.05) is 0 Å². The van der Waals surface area contributed by atoms with Crippen LogP contribution in [-0.4, -0.2) is 60.5 Å². The summed E-state index contributed by atoms with van der Waals surface area (Å²) in [6.07, 6.45) is 1.33. The molecule has 9 heavy (non-hydrogen) atoms. The Labute approximate surface area is 87.0 Å². The zero-order valence-corrected chi connectivity index (χ0v) is 7.55. The molecule has 0 unspecified atom stereocenters. The van der Waals surface area contributed by atoms with Crippen LogP contribution in [0.1, 0.15) is 22.1 Å². The molecule has 0 saturated heterocycles. The van der Waals surface area contributed by atoms with Crippen LogP contribution in [0.3, 0.4) is 0 Å². The van der Waals surface area contributed by atoms with E-state index in [4.69, 9.17) is 10.2 Å². The van der Waals surface area contributed by atoms with Gasteiger partial charge in [0.15, 0.2) is 0 Å². The fourth-order valence-corrected chi connectivity index (χ4v) is 0.388. The first-order valence-corrected chi connectivity index (χ1v) is 2.60. The van der Waals surface area contributed by atoms with Crippen LogP contribution in [-0.2, 0) is 4.79 Å². The summed E-state index contributed by atoms with van der Waals surface area (Å²) in [4.78, 5) is 9.79. The van der Waals surface area contributed by atoms with Crippen molar-refractivity contribution in [1.82, 2.24) is 0 Å². The first-order valence-electron chi connectivity index (χ1n) is 2.60. The number of unbranched alkanes of at least 4 members (excludes halogenated alkanes) is 1. The van der Waals surface area contributed by atoms with Crippen molar-refractivity contribution in [2.75, 3.05) is 6.61 Å². The third-order valence-corrected chi connectivity index (χ3v) is 0.799. The Kier molecular flexibility index (Phi) is 11.9. The molecule has 0 amide bonds. The number of rotatable bonds is 4. The molecule has 0 rings (SSSR count). The van der Waals surface area contributed by atoms with E-state index in [-0.39, 0.29) is 53.6 Å². The van der Waals surface area contributed by atoms with Crippen LogP contribution < -0.4 is 0 Å². The molecule has 0 aliphatic rings. The molecule has 0 aliphatic carbocycles. The molecule has 0 radical (unpaired) electrons. The third kappa shape index (κ3) is 12.0. The molecule has 0 fully saturated rings. The maximum atomic E-state index is 9.79. The maximum Gasteiger partial charge on any atom is 2.00 e. The monoisotopic (exact) mass is 160 g/mol. The molecular weight excluding hydrogens is 148 g/mol. The van der Waals surface area contributed by atoms with Gasteiger partial charge in [-0.15, -0.1) is 0 Å². The van der Waals surface area contributed by atoms with Gasteiger partial charge in [0.25, 0.3) is 0 Å². The smallest absolute Gasteiger partial charge is 1.00 e. The van der Waals surface area contributed by atoms with Crippen molar-refractivity contribution >= 4 is 43.7 Å². The Morgan fingerprint density at radius 3 is 2.33 bits per heavy atom. The molecule has 0 atom stereocenters. The second-order valence-electron chi connectivity index (χ2n) is 1.57. The molecule has 52 valence electrons. The number of aliphatic hydroxyl groups excluding tert-OH is 1. The number of carbonyl (C=O) groups is 1. The SMILES string of the molecule is O=C(O)CCCCO.[Ca+2].[H-].[H-]. The van der Waals surface area contributed by atoms with Gasteiger partial charge in [-0.1, -0.05) is 0 Å². The average molecular weight is 160 g/mol. The normalized spacial score (nSPS) is 8.11. The largest absolute Gasteiger partial charge is 2.00 e. The quantitative estimate of drug-likeness (QED) is 0.452. The van der Waals surface area contributed by atoms with Gasteiger partial charge in [-0.2, -0.15) is 0 Å². The minimum atomic E-state index is -0.793. The van der Waals surface area contributed by atoms with E-state index in [9.17, 15) is 4.79 Å². The zero-order chi connectivity index (χ0) is 6.41. The topological polar surface area (TPSA) is 57.5 Å². The summed E-state index contributed by atoms with van der Waals surface area (Å²) in [6, 6.07) is 0. The van der Waals surface area contributed by atoms with Crippen molar-refractivity contribution in [2.45, 2.75) is 19.3 Å². The van der Waals surface area contributed by atoms with Gasteiger partial charge in [0, 0.05) is 13.0 Å². The van der Waals surface area contributed by atoms with E-state index < -0.39 is 5.97 Å². The summed E-state index contributed by atoms with van der Waals surface area (Å²) < 4.78 is 0. The molecule has 3 nitrogen and oxygen atoms in total. The van der Waals surface area contributed by atoms with Gasteiger partial charge < -0.3 is 13.1 Å². The Morgan fingerprint density at radius 1 is 1.44 bits per heavy atom. The van der Waals surface area contributed by atoms with E-state index in [1.54, 1.807) is 0 Å². The fraction of sp³-hybridized carbons (Fsp3) is 0.800. The van der Waals surface area contributed by atoms with Crippen molar-refractivity contribution in [3.8, 4) is 0 Å².